The van der Waals surface area contributed by atoms with Crippen molar-refractivity contribution < 1.29 is 4.74 Å². The van der Waals surface area contributed by atoms with E-state index >= 15 is 0 Å². The zero-order chi connectivity index (χ0) is 11.8. The van der Waals surface area contributed by atoms with Gasteiger partial charge in [-0.2, -0.15) is 0 Å². The van der Waals surface area contributed by atoms with Crippen LogP contribution in [0.3, 0.4) is 0 Å². The van der Waals surface area contributed by atoms with Crippen molar-refractivity contribution in [2.75, 3.05) is 12.3 Å². The second-order valence-electron chi connectivity index (χ2n) is 5.35. The van der Waals surface area contributed by atoms with E-state index in [1.807, 2.05) is 12.1 Å². The molecule has 0 amide bonds. The number of hydrogen-bond donors (Lipinski definition) is 2. The predicted octanol–water partition coefficient (Wildman–Crippen LogP) is 2.48. The van der Waals surface area contributed by atoms with Crippen LogP contribution in [0.15, 0.2) is 18.2 Å². The first-order valence-electron chi connectivity index (χ1n) is 5.76. The number of hydrogen-bond acceptors (Lipinski definition) is 3. The van der Waals surface area contributed by atoms with Crippen molar-refractivity contribution in [3.05, 3.63) is 23.8 Å². The number of fused-ring (bicyclic) bond motifs is 1. The molecule has 1 aromatic rings. The van der Waals surface area contributed by atoms with Gasteiger partial charge in [0.05, 0.1) is 12.3 Å². The minimum absolute atomic E-state index is 0.101. The molecule has 0 saturated carbocycles. The third kappa shape index (κ3) is 2.30. The Balaban J connectivity index is 2.30. The van der Waals surface area contributed by atoms with E-state index in [1.165, 1.54) is 5.56 Å². The van der Waals surface area contributed by atoms with E-state index in [2.05, 4.69) is 32.2 Å². The lowest BCUT2D eigenvalue weighted by molar-refractivity contribution is 0.232. The van der Waals surface area contributed by atoms with Crippen LogP contribution in [0.25, 0.3) is 0 Å². The molecule has 1 heterocycles. The Morgan fingerprint density at radius 1 is 1.38 bits per heavy atom. The van der Waals surface area contributed by atoms with Gasteiger partial charge in [-0.1, -0.05) is 12.1 Å². The molecule has 3 heteroatoms. The minimum atomic E-state index is 0.101. The van der Waals surface area contributed by atoms with E-state index in [0.717, 1.165) is 24.5 Å². The Hall–Kier alpha value is -1.22. The van der Waals surface area contributed by atoms with E-state index in [1.54, 1.807) is 0 Å². The van der Waals surface area contributed by atoms with Gasteiger partial charge in [0.15, 0.2) is 0 Å². The second-order valence-corrected chi connectivity index (χ2v) is 5.35. The van der Waals surface area contributed by atoms with Crippen LogP contribution in [-0.4, -0.2) is 12.1 Å². The molecule has 0 fully saturated rings. The first-order valence-corrected chi connectivity index (χ1v) is 5.76. The van der Waals surface area contributed by atoms with Crippen LogP contribution in [0.5, 0.6) is 5.75 Å². The number of nitrogens with two attached hydrogens (primary N) is 1. The van der Waals surface area contributed by atoms with Gasteiger partial charge in [0.25, 0.3) is 0 Å². The average molecular weight is 220 g/mol. The molecule has 3 N–H and O–H groups in total. The van der Waals surface area contributed by atoms with Gasteiger partial charge in [0.1, 0.15) is 5.75 Å². The fraction of sp³-hybridized carbons (Fsp3) is 0.538. The lowest BCUT2D eigenvalue weighted by atomic mass is 9.96. The Morgan fingerprint density at radius 2 is 2.12 bits per heavy atom. The van der Waals surface area contributed by atoms with Crippen molar-refractivity contribution >= 4 is 5.69 Å². The monoisotopic (exact) mass is 220 g/mol. The summed E-state index contributed by atoms with van der Waals surface area (Å²) in [6, 6.07) is 6.31. The van der Waals surface area contributed by atoms with Crippen molar-refractivity contribution in [3.8, 4) is 5.75 Å². The highest BCUT2D eigenvalue weighted by atomic mass is 16.5. The lowest BCUT2D eigenvalue weighted by Gasteiger charge is -2.33. The summed E-state index contributed by atoms with van der Waals surface area (Å²) >= 11 is 0. The number of ether oxygens (including phenoxy) is 1. The molecule has 16 heavy (non-hydrogen) atoms. The maximum Gasteiger partial charge on any atom is 0.146 e. The summed E-state index contributed by atoms with van der Waals surface area (Å²) in [5, 5.41) is 3.61. The summed E-state index contributed by atoms with van der Waals surface area (Å²) in [7, 11) is 0. The van der Waals surface area contributed by atoms with Gasteiger partial charge in [0.2, 0.25) is 0 Å². The SMILES string of the molecule is CC(C)(C)NC1CCOc2c(N)cccc21. The van der Waals surface area contributed by atoms with E-state index in [-0.39, 0.29) is 5.54 Å². The molecule has 1 aliphatic rings. The number of benzene rings is 1. The molecule has 88 valence electrons. The van der Waals surface area contributed by atoms with Crippen LogP contribution in [0.2, 0.25) is 0 Å². The van der Waals surface area contributed by atoms with Crippen LogP contribution < -0.4 is 15.8 Å². The molecule has 0 aliphatic carbocycles. The van der Waals surface area contributed by atoms with Crippen molar-refractivity contribution in [1.29, 1.82) is 0 Å². The fourth-order valence-corrected chi connectivity index (χ4v) is 2.12. The van der Waals surface area contributed by atoms with Crippen molar-refractivity contribution in [2.45, 2.75) is 38.8 Å². The maximum absolute atomic E-state index is 5.91. The zero-order valence-electron chi connectivity index (χ0n) is 10.2. The molecule has 2 rings (SSSR count). The first-order chi connectivity index (χ1) is 7.47. The summed E-state index contributed by atoms with van der Waals surface area (Å²) in [5.74, 6) is 0.857. The molecular formula is C13H20N2O. The molecule has 0 aromatic heterocycles. The third-order valence-corrected chi connectivity index (χ3v) is 2.71. The molecule has 1 unspecified atom stereocenters. The molecule has 1 aliphatic heterocycles. The van der Waals surface area contributed by atoms with Gasteiger partial charge in [0, 0.05) is 23.6 Å². The van der Waals surface area contributed by atoms with Crippen LogP contribution in [0.1, 0.15) is 38.8 Å². The van der Waals surface area contributed by atoms with Gasteiger partial charge in [-0.3, -0.25) is 0 Å². The fourth-order valence-electron chi connectivity index (χ4n) is 2.12. The van der Waals surface area contributed by atoms with Crippen molar-refractivity contribution in [2.24, 2.45) is 0 Å². The van der Waals surface area contributed by atoms with E-state index in [4.69, 9.17) is 10.5 Å². The number of para-hydroxylation sites is 1. The largest absolute Gasteiger partial charge is 0.491 e. The topological polar surface area (TPSA) is 47.3 Å². The summed E-state index contributed by atoms with van der Waals surface area (Å²) in [4.78, 5) is 0. The number of anilines is 1. The summed E-state index contributed by atoms with van der Waals surface area (Å²) in [5.41, 5.74) is 7.93. The van der Waals surface area contributed by atoms with Gasteiger partial charge in [-0.15, -0.1) is 0 Å². The summed E-state index contributed by atoms with van der Waals surface area (Å²) in [6.45, 7) is 7.26. The van der Waals surface area contributed by atoms with Crippen LogP contribution in [0, 0.1) is 0 Å². The highest BCUT2D eigenvalue weighted by molar-refractivity contribution is 5.58. The van der Waals surface area contributed by atoms with Crippen molar-refractivity contribution in [3.63, 3.8) is 0 Å². The van der Waals surface area contributed by atoms with Gasteiger partial charge in [-0.25, -0.2) is 0 Å². The Bertz CT molecular complexity index is 382. The van der Waals surface area contributed by atoms with Crippen LogP contribution in [-0.2, 0) is 0 Å². The smallest absolute Gasteiger partial charge is 0.146 e. The lowest BCUT2D eigenvalue weighted by Crippen LogP contribution is -2.40. The molecule has 0 spiro atoms. The Kier molecular flexibility index (Phi) is 2.80. The number of nitrogens with one attached hydrogen (secondary N) is 1. The zero-order valence-corrected chi connectivity index (χ0v) is 10.2. The molecular weight excluding hydrogens is 200 g/mol. The Morgan fingerprint density at radius 3 is 2.81 bits per heavy atom. The first kappa shape index (κ1) is 11.3. The second kappa shape index (κ2) is 3.98. The normalized spacial score (nSPS) is 20.1. The molecule has 1 atom stereocenters. The van der Waals surface area contributed by atoms with Gasteiger partial charge >= 0.3 is 0 Å². The van der Waals surface area contributed by atoms with Gasteiger partial charge in [-0.05, 0) is 26.8 Å². The Labute approximate surface area is 97.0 Å². The highest BCUT2D eigenvalue weighted by Crippen LogP contribution is 2.37. The molecule has 0 radical (unpaired) electrons. The molecule has 0 saturated heterocycles. The predicted molar refractivity (Wildman–Crippen MR) is 66.6 cm³/mol. The number of nitrogen functional groups attached to an aromatic ring is 1. The van der Waals surface area contributed by atoms with E-state index < -0.39 is 0 Å². The highest BCUT2D eigenvalue weighted by Gasteiger charge is 2.25. The molecule has 3 nitrogen and oxygen atoms in total. The van der Waals surface area contributed by atoms with Crippen molar-refractivity contribution in [1.82, 2.24) is 5.32 Å². The minimum Gasteiger partial charge on any atom is -0.491 e. The summed E-state index contributed by atoms with van der Waals surface area (Å²) < 4.78 is 5.63. The van der Waals surface area contributed by atoms with E-state index in [0.29, 0.717) is 6.04 Å². The maximum atomic E-state index is 5.91. The van der Waals surface area contributed by atoms with E-state index in [9.17, 15) is 0 Å². The average Bonchev–Trinajstić information content (AvgIpc) is 2.17. The van der Waals surface area contributed by atoms with Crippen LogP contribution >= 0.6 is 0 Å². The van der Waals surface area contributed by atoms with Gasteiger partial charge < -0.3 is 15.8 Å². The summed E-state index contributed by atoms with van der Waals surface area (Å²) in [6.07, 6.45) is 0.994. The standard InChI is InChI=1S/C13H20N2O/c1-13(2,3)15-11-7-8-16-12-9(11)5-4-6-10(12)14/h4-6,11,15H,7-8,14H2,1-3H3. The van der Waals surface area contributed by atoms with Crippen LogP contribution in [0.4, 0.5) is 5.69 Å². The number of rotatable bonds is 1. The molecule has 1 aromatic carbocycles. The third-order valence-electron chi connectivity index (χ3n) is 2.71. The quantitative estimate of drug-likeness (QED) is 0.715. The molecule has 0 bridgehead atoms.